The standard InChI is InChI=1S/C22H26N4O3S/c1-4-11-23-21(24-12-13-30-14-18-16(3)25-15-26-18)19(22(28)29-5-2)20(27)17-9-7-6-8-10-17/h1,6-10,15,23-24H,5,11-14H2,2-3H3,(H,25,26). The number of ether oxygens (including phenoxy) is 1. The molecule has 0 unspecified atom stereocenters. The number of benzene rings is 1. The molecule has 1 aromatic carbocycles. The van der Waals surface area contributed by atoms with Crippen molar-refractivity contribution in [1.29, 1.82) is 0 Å². The van der Waals surface area contributed by atoms with Crippen LogP contribution in [0.5, 0.6) is 0 Å². The quantitative estimate of drug-likeness (QED) is 0.0912. The highest BCUT2D eigenvalue weighted by atomic mass is 32.2. The first-order chi connectivity index (χ1) is 14.6. The largest absolute Gasteiger partial charge is 0.462 e. The maximum absolute atomic E-state index is 13.0. The van der Waals surface area contributed by atoms with E-state index in [4.69, 9.17) is 11.2 Å². The number of H-pyrrole nitrogens is 1. The molecule has 8 heteroatoms. The van der Waals surface area contributed by atoms with Crippen molar-refractivity contribution >= 4 is 23.5 Å². The molecule has 7 nitrogen and oxygen atoms in total. The zero-order chi connectivity index (χ0) is 21.8. The van der Waals surface area contributed by atoms with Crippen molar-refractivity contribution < 1.29 is 14.3 Å². The first-order valence-electron chi connectivity index (χ1n) is 9.57. The van der Waals surface area contributed by atoms with Crippen LogP contribution in [0.3, 0.4) is 0 Å². The van der Waals surface area contributed by atoms with Gasteiger partial charge in [0.05, 0.1) is 25.2 Å². The molecule has 0 saturated heterocycles. The van der Waals surface area contributed by atoms with Gasteiger partial charge in [0.15, 0.2) is 0 Å². The molecule has 0 radical (unpaired) electrons. The first kappa shape index (κ1) is 23.1. The number of nitrogens with one attached hydrogen (secondary N) is 3. The number of hydrogen-bond acceptors (Lipinski definition) is 7. The molecule has 0 bridgehead atoms. The minimum absolute atomic E-state index is 0.0901. The van der Waals surface area contributed by atoms with E-state index in [1.54, 1.807) is 55.3 Å². The number of carbonyl (C=O) groups is 2. The number of nitrogens with zero attached hydrogens (tertiary/aromatic N) is 1. The molecule has 30 heavy (non-hydrogen) atoms. The highest BCUT2D eigenvalue weighted by Crippen LogP contribution is 2.14. The maximum atomic E-state index is 13.0. The Morgan fingerprint density at radius 2 is 2.03 bits per heavy atom. The Bertz CT molecular complexity index is 916. The summed E-state index contributed by atoms with van der Waals surface area (Å²) in [6, 6.07) is 8.60. The first-order valence-corrected chi connectivity index (χ1v) is 10.7. The summed E-state index contributed by atoms with van der Waals surface area (Å²) in [6.45, 7) is 4.49. The number of aryl methyl sites for hydroxylation is 1. The van der Waals surface area contributed by atoms with E-state index < -0.39 is 11.8 Å². The number of esters is 1. The Morgan fingerprint density at radius 1 is 1.27 bits per heavy atom. The minimum Gasteiger partial charge on any atom is -0.462 e. The highest BCUT2D eigenvalue weighted by Gasteiger charge is 2.26. The number of ketones is 1. The van der Waals surface area contributed by atoms with Crippen LogP contribution in [-0.4, -0.2) is 47.2 Å². The Hall–Kier alpha value is -3.18. The van der Waals surface area contributed by atoms with Crippen LogP contribution in [0.15, 0.2) is 48.1 Å². The third kappa shape index (κ3) is 6.71. The lowest BCUT2D eigenvalue weighted by molar-refractivity contribution is -0.138. The molecule has 2 aromatic rings. The second-order valence-corrected chi connectivity index (χ2v) is 7.27. The van der Waals surface area contributed by atoms with Gasteiger partial charge in [-0.2, -0.15) is 11.8 Å². The van der Waals surface area contributed by atoms with Crippen LogP contribution in [0.2, 0.25) is 0 Å². The zero-order valence-electron chi connectivity index (χ0n) is 17.2. The van der Waals surface area contributed by atoms with Gasteiger partial charge in [-0.25, -0.2) is 9.78 Å². The maximum Gasteiger partial charge on any atom is 0.345 e. The average molecular weight is 427 g/mol. The summed E-state index contributed by atoms with van der Waals surface area (Å²) in [6.07, 6.45) is 7.04. The number of aromatic amines is 1. The summed E-state index contributed by atoms with van der Waals surface area (Å²) >= 11 is 1.70. The van der Waals surface area contributed by atoms with Crippen LogP contribution < -0.4 is 10.6 Å². The molecule has 0 aliphatic carbocycles. The van der Waals surface area contributed by atoms with Crippen LogP contribution in [0.25, 0.3) is 0 Å². The fourth-order valence-electron chi connectivity index (χ4n) is 2.58. The Labute approximate surface area is 181 Å². The third-order valence-corrected chi connectivity index (χ3v) is 5.07. The number of Topliss-reactive ketones (excluding diaryl/α,β-unsaturated/α-hetero) is 1. The number of carbonyl (C=O) groups excluding carboxylic acids is 2. The van der Waals surface area contributed by atoms with E-state index in [1.165, 1.54) is 0 Å². The van der Waals surface area contributed by atoms with Crippen molar-refractivity contribution in [3.63, 3.8) is 0 Å². The fraction of sp³-hybridized carbons (Fsp3) is 0.318. The van der Waals surface area contributed by atoms with E-state index in [0.717, 1.165) is 22.9 Å². The van der Waals surface area contributed by atoms with E-state index in [2.05, 4.69) is 26.5 Å². The number of terminal acetylenes is 1. The molecule has 2 rings (SSSR count). The number of hydrogen-bond donors (Lipinski definition) is 3. The third-order valence-electron chi connectivity index (χ3n) is 4.09. The molecule has 158 valence electrons. The predicted molar refractivity (Wildman–Crippen MR) is 119 cm³/mol. The molecule has 0 fully saturated rings. The molecule has 3 N–H and O–H groups in total. The van der Waals surface area contributed by atoms with Crippen molar-refractivity contribution in [2.24, 2.45) is 0 Å². The Balaban J connectivity index is 2.15. The van der Waals surface area contributed by atoms with E-state index >= 15 is 0 Å². The van der Waals surface area contributed by atoms with Crippen molar-refractivity contribution in [3.8, 4) is 12.3 Å². The van der Waals surface area contributed by atoms with Gasteiger partial charge in [0, 0.05) is 29.3 Å². The molecular weight excluding hydrogens is 400 g/mol. The number of aromatic nitrogens is 2. The molecule has 0 amide bonds. The fourth-order valence-corrected chi connectivity index (χ4v) is 3.47. The second kappa shape index (κ2) is 12.4. The summed E-state index contributed by atoms with van der Waals surface area (Å²) in [7, 11) is 0. The topological polar surface area (TPSA) is 96.1 Å². The second-order valence-electron chi connectivity index (χ2n) is 6.17. The lowest BCUT2D eigenvalue weighted by Crippen LogP contribution is -2.34. The van der Waals surface area contributed by atoms with Crippen LogP contribution in [-0.2, 0) is 15.3 Å². The van der Waals surface area contributed by atoms with Crippen molar-refractivity contribution in [1.82, 2.24) is 20.6 Å². The summed E-state index contributed by atoms with van der Waals surface area (Å²) in [5.74, 6) is 3.15. The van der Waals surface area contributed by atoms with Crippen LogP contribution in [0, 0.1) is 19.3 Å². The molecule has 1 heterocycles. The van der Waals surface area contributed by atoms with Gasteiger partial charge in [0.1, 0.15) is 11.4 Å². The lowest BCUT2D eigenvalue weighted by atomic mass is 10.0. The summed E-state index contributed by atoms with van der Waals surface area (Å²) in [5, 5.41) is 6.10. The van der Waals surface area contributed by atoms with Crippen LogP contribution in [0.4, 0.5) is 0 Å². The average Bonchev–Trinajstić information content (AvgIpc) is 3.16. The lowest BCUT2D eigenvalue weighted by Gasteiger charge is -2.16. The monoisotopic (exact) mass is 426 g/mol. The number of thioether (sulfide) groups is 1. The molecule has 0 saturated carbocycles. The Kier molecular flexibility index (Phi) is 9.55. The molecule has 0 aliphatic heterocycles. The van der Waals surface area contributed by atoms with Gasteiger partial charge >= 0.3 is 5.97 Å². The van der Waals surface area contributed by atoms with Crippen molar-refractivity contribution in [2.75, 3.05) is 25.4 Å². The van der Waals surface area contributed by atoms with Gasteiger partial charge in [0.2, 0.25) is 5.78 Å². The van der Waals surface area contributed by atoms with Gasteiger partial charge in [-0.15, -0.1) is 6.42 Å². The molecule has 0 spiro atoms. The van der Waals surface area contributed by atoms with Crippen molar-refractivity contribution in [2.45, 2.75) is 19.6 Å². The van der Waals surface area contributed by atoms with E-state index in [0.29, 0.717) is 12.1 Å². The summed E-state index contributed by atoms with van der Waals surface area (Å²) in [4.78, 5) is 32.9. The van der Waals surface area contributed by atoms with Gasteiger partial charge in [-0.1, -0.05) is 36.3 Å². The van der Waals surface area contributed by atoms with E-state index in [-0.39, 0.29) is 24.5 Å². The smallest absolute Gasteiger partial charge is 0.345 e. The van der Waals surface area contributed by atoms with Gasteiger partial charge < -0.3 is 20.4 Å². The molecule has 0 atom stereocenters. The Morgan fingerprint density at radius 3 is 2.67 bits per heavy atom. The van der Waals surface area contributed by atoms with Crippen LogP contribution >= 0.6 is 11.8 Å². The highest BCUT2D eigenvalue weighted by molar-refractivity contribution is 7.98. The molecule has 1 aromatic heterocycles. The van der Waals surface area contributed by atoms with Gasteiger partial charge in [0.25, 0.3) is 0 Å². The summed E-state index contributed by atoms with van der Waals surface area (Å²) in [5.41, 5.74) is 2.36. The zero-order valence-corrected chi connectivity index (χ0v) is 18.0. The van der Waals surface area contributed by atoms with Crippen molar-refractivity contribution in [3.05, 3.63) is 65.0 Å². The van der Waals surface area contributed by atoms with Gasteiger partial charge in [-0.3, -0.25) is 4.79 Å². The molecular formula is C22H26N4O3S. The summed E-state index contributed by atoms with van der Waals surface area (Å²) < 4.78 is 5.13. The SMILES string of the molecule is C#CCNC(NCCSCc1[nH]cnc1C)=C(C(=O)OCC)C(=O)c1ccccc1. The minimum atomic E-state index is -0.695. The normalized spacial score (nSPS) is 11.2. The number of rotatable bonds is 12. The van der Waals surface area contributed by atoms with Gasteiger partial charge in [-0.05, 0) is 13.8 Å². The predicted octanol–water partition coefficient (Wildman–Crippen LogP) is 2.42. The van der Waals surface area contributed by atoms with Crippen LogP contribution in [0.1, 0.15) is 28.7 Å². The molecule has 0 aliphatic rings. The number of imidazole rings is 1. The van der Waals surface area contributed by atoms with E-state index in [1.807, 2.05) is 6.92 Å². The van der Waals surface area contributed by atoms with E-state index in [9.17, 15) is 9.59 Å².